The van der Waals surface area contributed by atoms with E-state index in [4.69, 9.17) is 9.47 Å². The Morgan fingerprint density at radius 3 is 2.70 bits per heavy atom. The minimum absolute atomic E-state index is 0.222. The second kappa shape index (κ2) is 8.12. The number of nitrogens with one attached hydrogen (secondary N) is 1. The van der Waals surface area contributed by atoms with Crippen LogP contribution in [0, 0.1) is 6.92 Å². The molecule has 1 aliphatic heterocycles. The number of aromatic nitrogens is 4. The second-order valence-corrected chi connectivity index (χ2v) is 7.40. The highest BCUT2D eigenvalue weighted by molar-refractivity contribution is 5.68. The third-order valence-electron chi connectivity index (χ3n) is 5.23. The molecule has 1 fully saturated rings. The van der Waals surface area contributed by atoms with Gasteiger partial charge in [-0.25, -0.2) is 4.98 Å². The molecule has 3 heterocycles. The van der Waals surface area contributed by atoms with Crippen LogP contribution in [0.15, 0.2) is 60.9 Å². The third kappa shape index (κ3) is 3.84. The molecule has 5 rings (SSSR count). The fourth-order valence-corrected chi connectivity index (χ4v) is 3.64. The van der Waals surface area contributed by atoms with E-state index in [1.165, 1.54) is 6.33 Å². The molecular weight excluding hydrogens is 378 g/mol. The van der Waals surface area contributed by atoms with Crippen molar-refractivity contribution in [3.05, 3.63) is 66.5 Å². The van der Waals surface area contributed by atoms with Crippen LogP contribution in [-0.4, -0.2) is 38.9 Å². The van der Waals surface area contributed by atoms with Gasteiger partial charge >= 0.3 is 0 Å². The molecule has 1 saturated heterocycles. The second-order valence-electron chi connectivity index (χ2n) is 7.40. The molecule has 0 radical (unpaired) electrons. The minimum atomic E-state index is 0.222. The van der Waals surface area contributed by atoms with Crippen LogP contribution in [0.2, 0.25) is 0 Å². The van der Waals surface area contributed by atoms with Gasteiger partial charge in [-0.05, 0) is 30.7 Å². The number of rotatable bonds is 5. The van der Waals surface area contributed by atoms with Gasteiger partial charge < -0.3 is 14.8 Å². The summed E-state index contributed by atoms with van der Waals surface area (Å²) in [5.41, 5.74) is 3.91. The molecule has 0 atom stereocenters. The molecule has 7 heteroatoms. The van der Waals surface area contributed by atoms with Gasteiger partial charge in [-0.2, -0.15) is 14.6 Å². The lowest BCUT2D eigenvalue weighted by atomic mass is 10.1. The Bertz CT molecular complexity index is 1150. The van der Waals surface area contributed by atoms with Gasteiger partial charge in [0.1, 0.15) is 24.0 Å². The van der Waals surface area contributed by atoms with Crippen molar-refractivity contribution in [3.8, 4) is 17.0 Å². The molecule has 152 valence electrons. The van der Waals surface area contributed by atoms with Crippen molar-refractivity contribution in [3.63, 3.8) is 0 Å². The number of anilines is 2. The van der Waals surface area contributed by atoms with Gasteiger partial charge in [0.05, 0.1) is 18.9 Å². The van der Waals surface area contributed by atoms with Crippen LogP contribution >= 0.6 is 0 Å². The Labute approximate surface area is 174 Å². The molecule has 0 unspecified atom stereocenters. The van der Waals surface area contributed by atoms with E-state index in [9.17, 15) is 0 Å². The normalized spacial score (nSPS) is 14.7. The van der Waals surface area contributed by atoms with Gasteiger partial charge in [0.2, 0.25) is 0 Å². The van der Waals surface area contributed by atoms with E-state index in [0.29, 0.717) is 5.78 Å². The summed E-state index contributed by atoms with van der Waals surface area (Å²) in [4.78, 5) is 8.90. The maximum Gasteiger partial charge on any atom is 0.254 e. The highest BCUT2D eigenvalue weighted by Crippen LogP contribution is 2.28. The van der Waals surface area contributed by atoms with Gasteiger partial charge in [-0.15, -0.1) is 0 Å². The zero-order chi connectivity index (χ0) is 20.3. The van der Waals surface area contributed by atoms with Crippen LogP contribution in [0.25, 0.3) is 17.0 Å². The molecule has 2 aromatic heterocycles. The summed E-state index contributed by atoms with van der Waals surface area (Å²) in [7, 11) is 0. The molecule has 0 amide bonds. The first-order valence-electron chi connectivity index (χ1n) is 10.1. The average molecular weight is 401 g/mol. The number of ether oxygens (including phenoxy) is 2. The largest absolute Gasteiger partial charge is 0.490 e. The molecule has 0 aliphatic carbocycles. The van der Waals surface area contributed by atoms with Crippen molar-refractivity contribution in [2.75, 3.05) is 18.5 Å². The maximum atomic E-state index is 6.18. The summed E-state index contributed by atoms with van der Waals surface area (Å²) in [6, 6.07) is 18.2. The van der Waals surface area contributed by atoms with Crippen LogP contribution in [0.4, 0.5) is 11.5 Å². The Balaban J connectivity index is 1.42. The summed E-state index contributed by atoms with van der Waals surface area (Å²) in [6.45, 7) is 3.60. The van der Waals surface area contributed by atoms with Gasteiger partial charge in [0.25, 0.3) is 5.78 Å². The number of benzene rings is 2. The summed E-state index contributed by atoms with van der Waals surface area (Å²) >= 11 is 0. The highest BCUT2D eigenvalue weighted by atomic mass is 16.5. The number of fused-ring (bicyclic) bond motifs is 1. The van der Waals surface area contributed by atoms with E-state index in [1.807, 2.05) is 48.5 Å². The molecule has 0 bridgehead atoms. The number of hydrogen-bond acceptors (Lipinski definition) is 6. The van der Waals surface area contributed by atoms with E-state index in [-0.39, 0.29) is 6.10 Å². The van der Waals surface area contributed by atoms with Crippen LogP contribution in [0.1, 0.15) is 18.4 Å². The monoisotopic (exact) mass is 401 g/mol. The van der Waals surface area contributed by atoms with Crippen LogP contribution in [-0.2, 0) is 4.74 Å². The van der Waals surface area contributed by atoms with E-state index < -0.39 is 0 Å². The Hall–Kier alpha value is -3.45. The zero-order valence-corrected chi connectivity index (χ0v) is 16.8. The summed E-state index contributed by atoms with van der Waals surface area (Å²) < 4.78 is 13.3. The Kier molecular flexibility index (Phi) is 5.03. The molecule has 1 aliphatic rings. The predicted molar refractivity (Wildman–Crippen MR) is 115 cm³/mol. The Morgan fingerprint density at radius 2 is 1.90 bits per heavy atom. The van der Waals surface area contributed by atoms with Crippen molar-refractivity contribution in [1.82, 2.24) is 19.6 Å². The van der Waals surface area contributed by atoms with E-state index in [0.717, 1.165) is 60.1 Å². The summed E-state index contributed by atoms with van der Waals surface area (Å²) in [6.07, 6.45) is 3.60. The van der Waals surface area contributed by atoms with Crippen molar-refractivity contribution in [2.24, 2.45) is 0 Å². The van der Waals surface area contributed by atoms with Crippen LogP contribution in [0.5, 0.6) is 5.75 Å². The van der Waals surface area contributed by atoms with Gasteiger partial charge in [-0.3, -0.25) is 0 Å². The molecule has 4 aromatic rings. The predicted octanol–water partition coefficient (Wildman–Crippen LogP) is 4.40. The lowest BCUT2D eigenvalue weighted by Gasteiger charge is -2.24. The summed E-state index contributed by atoms with van der Waals surface area (Å²) in [5, 5.41) is 7.77. The quantitative estimate of drug-likeness (QED) is 0.534. The first kappa shape index (κ1) is 18.6. The van der Waals surface area contributed by atoms with Gasteiger partial charge in [0, 0.05) is 30.2 Å². The van der Waals surface area contributed by atoms with E-state index in [2.05, 4.69) is 33.4 Å². The molecular formula is C23H23N5O2. The van der Waals surface area contributed by atoms with Crippen molar-refractivity contribution in [2.45, 2.75) is 25.9 Å². The lowest BCUT2D eigenvalue weighted by Crippen LogP contribution is -2.26. The molecule has 1 N–H and O–H groups in total. The minimum Gasteiger partial charge on any atom is -0.490 e. The third-order valence-corrected chi connectivity index (χ3v) is 5.23. The topological polar surface area (TPSA) is 73.6 Å². The number of nitrogens with zero attached hydrogens (tertiary/aromatic N) is 4. The standard InChI is InChI=1S/C23H23N5O2/c1-16-13-18(7-8-21(16)30-19-9-11-29-12-10-19)26-22-14-20(17-5-3-2-4-6-17)27-23-24-15-25-28(22)23/h2-8,13-15,19,26H,9-12H2,1H3. The van der Waals surface area contributed by atoms with Crippen molar-refractivity contribution >= 4 is 17.3 Å². The highest BCUT2D eigenvalue weighted by Gasteiger charge is 2.16. The fraction of sp³-hybridized carbons (Fsp3) is 0.261. The van der Waals surface area contributed by atoms with E-state index >= 15 is 0 Å². The van der Waals surface area contributed by atoms with E-state index in [1.54, 1.807) is 4.52 Å². The SMILES string of the molecule is Cc1cc(Nc2cc(-c3ccccc3)nc3ncnn23)ccc1OC1CCOCC1. The molecule has 0 spiro atoms. The molecule has 30 heavy (non-hydrogen) atoms. The molecule has 0 saturated carbocycles. The van der Waals surface area contributed by atoms with Crippen LogP contribution in [0.3, 0.4) is 0 Å². The first-order valence-corrected chi connectivity index (χ1v) is 10.1. The summed E-state index contributed by atoms with van der Waals surface area (Å²) in [5.74, 6) is 2.27. The lowest BCUT2D eigenvalue weighted by molar-refractivity contribution is 0.0253. The fourth-order valence-electron chi connectivity index (χ4n) is 3.64. The van der Waals surface area contributed by atoms with Crippen molar-refractivity contribution < 1.29 is 9.47 Å². The van der Waals surface area contributed by atoms with Gasteiger partial charge in [-0.1, -0.05) is 30.3 Å². The molecule has 2 aromatic carbocycles. The zero-order valence-electron chi connectivity index (χ0n) is 16.8. The Morgan fingerprint density at radius 1 is 1.07 bits per heavy atom. The van der Waals surface area contributed by atoms with Gasteiger partial charge in [0.15, 0.2) is 0 Å². The average Bonchev–Trinajstić information content (AvgIpc) is 3.26. The number of aryl methyl sites for hydroxylation is 1. The van der Waals surface area contributed by atoms with Crippen molar-refractivity contribution in [1.29, 1.82) is 0 Å². The maximum absolute atomic E-state index is 6.18. The first-order chi connectivity index (χ1) is 14.8. The number of hydrogen-bond donors (Lipinski definition) is 1. The molecule has 7 nitrogen and oxygen atoms in total. The smallest absolute Gasteiger partial charge is 0.254 e. The van der Waals surface area contributed by atoms with Crippen LogP contribution < -0.4 is 10.1 Å².